The second-order valence-corrected chi connectivity index (χ2v) is 4.89. The van der Waals surface area contributed by atoms with Crippen molar-refractivity contribution < 1.29 is 22.7 Å². The van der Waals surface area contributed by atoms with Gasteiger partial charge in [0.05, 0.1) is 6.54 Å². The van der Waals surface area contributed by atoms with Gasteiger partial charge in [0.25, 0.3) is 0 Å². The SMILES string of the molecule is CCN(CC)CC#CC(C)OC(=O)c1cn(C)nc1C(F)(F)F. The molecule has 0 bridgehead atoms. The van der Waals surface area contributed by atoms with Crippen LogP contribution in [0.4, 0.5) is 13.2 Å². The van der Waals surface area contributed by atoms with Crippen LogP contribution in [0.1, 0.15) is 36.8 Å². The average Bonchev–Trinajstić information content (AvgIpc) is 2.86. The zero-order valence-corrected chi connectivity index (χ0v) is 13.6. The number of hydrogen-bond acceptors (Lipinski definition) is 4. The maximum absolute atomic E-state index is 12.8. The van der Waals surface area contributed by atoms with Gasteiger partial charge in [-0.15, -0.1) is 0 Å². The van der Waals surface area contributed by atoms with Gasteiger partial charge < -0.3 is 4.74 Å². The van der Waals surface area contributed by atoms with Gasteiger partial charge in [-0.2, -0.15) is 18.3 Å². The molecule has 128 valence electrons. The maximum Gasteiger partial charge on any atom is 0.436 e. The van der Waals surface area contributed by atoms with Crippen LogP contribution >= 0.6 is 0 Å². The molecule has 0 amide bonds. The van der Waals surface area contributed by atoms with Gasteiger partial charge in [-0.1, -0.05) is 25.7 Å². The fourth-order valence-corrected chi connectivity index (χ4v) is 1.85. The number of ether oxygens (including phenoxy) is 1. The van der Waals surface area contributed by atoms with Crippen molar-refractivity contribution in [3.63, 3.8) is 0 Å². The smallest absolute Gasteiger partial charge is 0.436 e. The highest BCUT2D eigenvalue weighted by Crippen LogP contribution is 2.30. The van der Waals surface area contributed by atoms with E-state index in [9.17, 15) is 18.0 Å². The molecule has 0 aliphatic heterocycles. The van der Waals surface area contributed by atoms with Crippen LogP contribution in [0.3, 0.4) is 0 Å². The van der Waals surface area contributed by atoms with E-state index in [1.54, 1.807) is 0 Å². The number of carbonyl (C=O) groups excluding carboxylic acids is 1. The Kier molecular flexibility index (Phi) is 6.63. The number of esters is 1. The summed E-state index contributed by atoms with van der Waals surface area (Å²) in [5.74, 6) is 4.47. The first-order chi connectivity index (χ1) is 10.7. The van der Waals surface area contributed by atoms with Gasteiger partial charge in [0.2, 0.25) is 0 Å². The summed E-state index contributed by atoms with van der Waals surface area (Å²) in [7, 11) is 1.30. The van der Waals surface area contributed by atoms with Crippen molar-refractivity contribution in [2.75, 3.05) is 19.6 Å². The molecular formula is C15H20F3N3O2. The van der Waals surface area contributed by atoms with Crippen LogP contribution in [0.2, 0.25) is 0 Å². The Morgan fingerprint density at radius 1 is 1.43 bits per heavy atom. The third-order valence-corrected chi connectivity index (χ3v) is 3.10. The number of hydrogen-bond donors (Lipinski definition) is 0. The lowest BCUT2D eigenvalue weighted by Crippen LogP contribution is -2.23. The molecule has 0 saturated heterocycles. The second kappa shape index (κ2) is 8.02. The molecule has 0 aromatic carbocycles. The van der Waals surface area contributed by atoms with Crippen LogP contribution in [0.25, 0.3) is 0 Å². The van der Waals surface area contributed by atoms with Crippen LogP contribution in [-0.2, 0) is 18.0 Å². The lowest BCUT2D eigenvalue weighted by atomic mass is 10.2. The van der Waals surface area contributed by atoms with Crippen molar-refractivity contribution in [3.05, 3.63) is 17.5 Å². The van der Waals surface area contributed by atoms with Gasteiger partial charge in [-0.25, -0.2) is 4.79 Å². The van der Waals surface area contributed by atoms with Crippen LogP contribution in [0, 0.1) is 11.8 Å². The molecule has 1 rings (SSSR count). The van der Waals surface area contributed by atoms with Crippen molar-refractivity contribution in [3.8, 4) is 11.8 Å². The fourth-order valence-electron chi connectivity index (χ4n) is 1.85. The largest absolute Gasteiger partial charge is 0.446 e. The van der Waals surface area contributed by atoms with Crippen LogP contribution in [-0.4, -0.2) is 46.4 Å². The zero-order valence-electron chi connectivity index (χ0n) is 13.6. The first kappa shape index (κ1) is 19.0. The van der Waals surface area contributed by atoms with Gasteiger partial charge in [0, 0.05) is 13.2 Å². The molecule has 0 radical (unpaired) electrons. The molecule has 23 heavy (non-hydrogen) atoms. The number of rotatable bonds is 5. The first-order valence-electron chi connectivity index (χ1n) is 7.21. The molecule has 1 atom stereocenters. The predicted octanol–water partition coefficient (Wildman–Crippen LogP) is 2.33. The number of halogens is 3. The van der Waals surface area contributed by atoms with Crippen molar-refractivity contribution in [1.82, 2.24) is 14.7 Å². The minimum absolute atomic E-state index is 0.510. The van der Waals surface area contributed by atoms with Crippen LogP contribution in [0.5, 0.6) is 0 Å². The molecule has 1 aromatic rings. The third kappa shape index (κ3) is 5.60. The lowest BCUT2D eigenvalue weighted by molar-refractivity contribution is -0.142. The number of alkyl halides is 3. The average molecular weight is 331 g/mol. The van der Waals surface area contributed by atoms with Crippen molar-refractivity contribution in [1.29, 1.82) is 0 Å². The molecular weight excluding hydrogens is 311 g/mol. The Balaban J connectivity index is 2.75. The molecule has 1 aromatic heterocycles. The standard InChI is InChI=1S/C15H20F3N3O2/c1-5-21(6-2)9-7-8-11(3)23-14(22)12-10-20(4)19-13(12)15(16,17)18/h10-11H,5-6,9H2,1-4H3. The van der Waals surface area contributed by atoms with Gasteiger partial charge in [0.1, 0.15) is 5.56 Å². The molecule has 0 N–H and O–H groups in total. The minimum atomic E-state index is -4.71. The Hall–Kier alpha value is -2.01. The van der Waals surface area contributed by atoms with Crippen molar-refractivity contribution >= 4 is 5.97 Å². The second-order valence-electron chi connectivity index (χ2n) is 4.89. The van der Waals surface area contributed by atoms with E-state index < -0.39 is 29.5 Å². The summed E-state index contributed by atoms with van der Waals surface area (Å²) in [5, 5.41) is 3.27. The Labute approximate surface area is 133 Å². The summed E-state index contributed by atoms with van der Waals surface area (Å²) in [4.78, 5) is 14.0. The highest BCUT2D eigenvalue weighted by atomic mass is 19.4. The summed E-state index contributed by atoms with van der Waals surface area (Å²) in [5.41, 5.74) is -1.87. The van der Waals surface area contributed by atoms with E-state index >= 15 is 0 Å². The summed E-state index contributed by atoms with van der Waals surface area (Å²) >= 11 is 0. The highest BCUT2D eigenvalue weighted by Gasteiger charge is 2.39. The number of carbonyl (C=O) groups is 1. The molecule has 8 heteroatoms. The fraction of sp³-hybridized carbons (Fsp3) is 0.600. The monoisotopic (exact) mass is 331 g/mol. The number of aromatic nitrogens is 2. The van der Waals surface area contributed by atoms with E-state index in [0.29, 0.717) is 6.54 Å². The van der Waals surface area contributed by atoms with E-state index in [1.807, 2.05) is 13.8 Å². The Morgan fingerprint density at radius 3 is 2.57 bits per heavy atom. The van der Waals surface area contributed by atoms with Crippen LogP contribution < -0.4 is 0 Å². The van der Waals surface area contributed by atoms with Gasteiger partial charge in [0.15, 0.2) is 11.8 Å². The molecule has 0 aliphatic carbocycles. The van der Waals surface area contributed by atoms with E-state index in [0.717, 1.165) is 24.0 Å². The van der Waals surface area contributed by atoms with Gasteiger partial charge in [-0.05, 0) is 20.0 Å². The third-order valence-electron chi connectivity index (χ3n) is 3.10. The molecule has 1 unspecified atom stereocenters. The lowest BCUT2D eigenvalue weighted by Gasteiger charge is -2.13. The highest BCUT2D eigenvalue weighted by molar-refractivity contribution is 5.90. The normalized spacial score (nSPS) is 12.7. The summed E-state index contributed by atoms with van der Waals surface area (Å²) in [6.07, 6.45) is -4.53. The zero-order chi connectivity index (χ0) is 17.6. The Bertz CT molecular complexity index is 595. The van der Waals surface area contributed by atoms with Gasteiger partial charge in [-0.3, -0.25) is 9.58 Å². The quantitative estimate of drug-likeness (QED) is 0.614. The molecule has 0 fully saturated rings. The topological polar surface area (TPSA) is 47.4 Å². The molecule has 0 aliphatic rings. The summed E-state index contributed by atoms with van der Waals surface area (Å²) in [6, 6.07) is 0. The molecule has 5 nitrogen and oxygen atoms in total. The number of nitrogens with zero attached hydrogens (tertiary/aromatic N) is 3. The van der Waals surface area contributed by atoms with E-state index in [2.05, 4.69) is 21.8 Å². The predicted molar refractivity (Wildman–Crippen MR) is 78.7 cm³/mol. The first-order valence-corrected chi connectivity index (χ1v) is 7.21. The molecule has 1 heterocycles. The van der Waals surface area contributed by atoms with E-state index in [-0.39, 0.29) is 0 Å². The van der Waals surface area contributed by atoms with Crippen molar-refractivity contribution in [2.24, 2.45) is 7.05 Å². The maximum atomic E-state index is 12.8. The van der Waals surface area contributed by atoms with Crippen molar-refractivity contribution in [2.45, 2.75) is 33.1 Å². The molecule has 0 spiro atoms. The summed E-state index contributed by atoms with van der Waals surface area (Å²) < 4.78 is 44.3. The van der Waals surface area contributed by atoms with E-state index in [4.69, 9.17) is 4.74 Å². The summed E-state index contributed by atoms with van der Waals surface area (Å²) in [6.45, 7) is 7.69. The van der Waals surface area contributed by atoms with Crippen LogP contribution in [0.15, 0.2) is 6.20 Å². The minimum Gasteiger partial charge on any atom is -0.446 e. The number of aryl methyl sites for hydroxylation is 1. The van der Waals surface area contributed by atoms with Gasteiger partial charge >= 0.3 is 12.1 Å². The van der Waals surface area contributed by atoms with E-state index in [1.165, 1.54) is 14.0 Å². The Morgan fingerprint density at radius 2 is 2.04 bits per heavy atom. The molecule has 0 saturated carbocycles.